The lowest BCUT2D eigenvalue weighted by molar-refractivity contribution is 0.588. The highest BCUT2D eigenvalue weighted by atomic mass is 35.5. The molecule has 1 aromatic rings. The fourth-order valence-electron chi connectivity index (χ4n) is 0.865. The molecule has 0 aliphatic heterocycles. The van der Waals surface area contributed by atoms with Crippen LogP contribution >= 0.6 is 36.2 Å². The molecule has 0 aliphatic rings. The fraction of sp³-hybridized carbons (Fsp3) is 0.625. The number of nitrogens with one attached hydrogen (secondary N) is 1. The standard InChI is InChI=1S/C8H15N3S.2ClH/c1-7(9)2-3-10-6-8-11-4-5-12-8;;/h4-5,7,10H,2-3,6,9H2,1H3;2*1H/t7-;;/m0../s1. The van der Waals surface area contributed by atoms with Gasteiger partial charge in [-0.15, -0.1) is 36.2 Å². The minimum Gasteiger partial charge on any atom is -0.328 e. The van der Waals surface area contributed by atoms with Gasteiger partial charge in [-0.05, 0) is 19.9 Å². The molecule has 6 heteroatoms. The van der Waals surface area contributed by atoms with Crippen LogP contribution in [0.5, 0.6) is 0 Å². The Hall–Kier alpha value is 0.130. The Kier molecular flexibility index (Phi) is 11.4. The van der Waals surface area contributed by atoms with Crippen molar-refractivity contribution >= 4 is 36.2 Å². The van der Waals surface area contributed by atoms with Gasteiger partial charge in [-0.3, -0.25) is 0 Å². The molecule has 0 unspecified atom stereocenters. The third-order valence-corrected chi connectivity index (χ3v) is 2.32. The molecule has 3 N–H and O–H groups in total. The summed E-state index contributed by atoms with van der Waals surface area (Å²) in [5.74, 6) is 0. The maximum Gasteiger partial charge on any atom is 0.106 e. The average Bonchev–Trinajstić information content (AvgIpc) is 2.49. The van der Waals surface area contributed by atoms with Gasteiger partial charge < -0.3 is 11.1 Å². The predicted octanol–water partition coefficient (Wildman–Crippen LogP) is 1.81. The number of hydrogen-bond acceptors (Lipinski definition) is 4. The molecule has 0 aliphatic carbocycles. The van der Waals surface area contributed by atoms with Gasteiger partial charge in [-0.1, -0.05) is 0 Å². The first-order chi connectivity index (χ1) is 5.79. The first-order valence-electron chi connectivity index (χ1n) is 4.13. The minimum atomic E-state index is 0. The number of nitrogens with zero attached hydrogens (tertiary/aromatic N) is 1. The monoisotopic (exact) mass is 257 g/mol. The molecule has 0 saturated carbocycles. The van der Waals surface area contributed by atoms with Crippen molar-refractivity contribution in [2.75, 3.05) is 6.54 Å². The van der Waals surface area contributed by atoms with Crippen molar-refractivity contribution in [3.63, 3.8) is 0 Å². The van der Waals surface area contributed by atoms with Crippen molar-refractivity contribution in [3.05, 3.63) is 16.6 Å². The summed E-state index contributed by atoms with van der Waals surface area (Å²) in [6, 6.07) is 0.286. The van der Waals surface area contributed by atoms with Gasteiger partial charge in [0.2, 0.25) is 0 Å². The molecule has 1 aromatic heterocycles. The van der Waals surface area contributed by atoms with E-state index in [4.69, 9.17) is 5.73 Å². The van der Waals surface area contributed by atoms with Crippen molar-refractivity contribution in [1.29, 1.82) is 0 Å². The van der Waals surface area contributed by atoms with Crippen LogP contribution in [-0.4, -0.2) is 17.6 Å². The SMILES string of the molecule is C[C@H](N)CCNCc1nccs1.Cl.Cl. The molecule has 0 radical (unpaired) electrons. The Bertz CT molecular complexity index is 204. The van der Waals surface area contributed by atoms with E-state index in [9.17, 15) is 0 Å². The summed E-state index contributed by atoms with van der Waals surface area (Å²) in [6.07, 6.45) is 2.85. The van der Waals surface area contributed by atoms with Gasteiger partial charge in [0.1, 0.15) is 5.01 Å². The van der Waals surface area contributed by atoms with Crippen LogP contribution < -0.4 is 11.1 Å². The lowest BCUT2D eigenvalue weighted by atomic mass is 10.2. The lowest BCUT2D eigenvalue weighted by Gasteiger charge is -2.04. The quantitative estimate of drug-likeness (QED) is 0.792. The molecule has 14 heavy (non-hydrogen) atoms. The van der Waals surface area contributed by atoms with Crippen molar-refractivity contribution in [2.24, 2.45) is 5.73 Å². The maximum atomic E-state index is 5.60. The number of nitrogens with two attached hydrogens (primary N) is 1. The van der Waals surface area contributed by atoms with E-state index in [1.807, 2.05) is 18.5 Å². The Labute approximate surface area is 101 Å². The highest BCUT2D eigenvalue weighted by Gasteiger charge is 1.95. The van der Waals surface area contributed by atoms with Crippen molar-refractivity contribution < 1.29 is 0 Å². The summed E-state index contributed by atoms with van der Waals surface area (Å²) in [4.78, 5) is 4.16. The molecule has 1 atom stereocenters. The van der Waals surface area contributed by atoms with E-state index >= 15 is 0 Å². The van der Waals surface area contributed by atoms with E-state index in [1.54, 1.807) is 11.3 Å². The molecule has 0 aromatic carbocycles. The lowest BCUT2D eigenvalue weighted by Crippen LogP contribution is -2.23. The molecule has 0 spiro atoms. The molecular weight excluding hydrogens is 241 g/mol. The van der Waals surface area contributed by atoms with Gasteiger partial charge in [0.05, 0.1) is 0 Å². The van der Waals surface area contributed by atoms with Gasteiger partial charge in [-0.2, -0.15) is 0 Å². The molecular formula is C8H17Cl2N3S. The zero-order chi connectivity index (χ0) is 8.81. The van der Waals surface area contributed by atoms with Crippen LogP contribution in [0.4, 0.5) is 0 Å². The zero-order valence-electron chi connectivity index (χ0n) is 8.10. The first-order valence-corrected chi connectivity index (χ1v) is 5.01. The van der Waals surface area contributed by atoms with E-state index in [-0.39, 0.29) is 30.9 Å². The second kappa shape index (κ2) is 9.68. The predicted molar refractivity (Wildman–Crippen MR) is 66.6 cm³/mol. The van der Waals surface area contributed by atoms with Crippen LogP contribution in [0.1, 0.15) is 18.4 Å². The van der Waals surface area contributed by atoms with Crippen LogP contribution in [0, 0.1) is 0 Å². The van der Waals surface area contributed by atoms with Crippen molar-refractivity contribution in [2.45, 2.75) is 25.9 Å². The Balaban J connectivity index is 0. The molecule has 1 heterocycles. The minimum absolute atomic E-state index is 0. The normalized spacial score (nSPS) is 11.3. The van der Waals surface area contributed by atoms with Gasteiger partial charge in [0.25, 0.3) is 0 Å². The molecule has 0 fully saturated rings. The molecule has 84 valence electrons. The van der Waals surface area contributed by atoms with Gasteiger partial charge in [0, 0.05) is 24.2 Å². The number of aromatic nitrogens is 1. The van der Waals surface area contributed by atoms with E-state index in [0.29, 0.717) is 0 Å². The molecule has 0 amide bonds. The summed E-state index contributed by atoms with van der Waals surface area (Å²) >= 11 is 1.68. The molecule has 1 rings (SSSR count). The summed E-state index contributed by atoms with van der Waals surface area (Å²) in [5.41, 5.74) is 5.60. The molecule has 0 saturated heterocycles. The third kappa shape index (κ3) is 7.53. The highest BCUT2D eigenvalue weighted by Crippen LogP contribution is 2.02. The van der Waals surface area contributed by atoms with Crippen LogP contribution in [-0.2, 0) is 6.54 Å². The van der Waals surface area contributed by atoms with Crippen molar-refractivity contribution in [1.82, 2.24) is 10.3 Å². The Morgan fingerprint density at radius 3 is 2.79 bits per heavy atom. The molecule has 3 nitrogen and oxygen atoms in total. The summed E-state index contributed by atoms with van der Waals surface area (Å²) < 4.78 is 0. The Morgan fingerprint density at radius 2 is 2.29 bits per heavy atom. The average molecular weight is 258 g/mol. The second-order valence-corrected chi connectivity index (χ2v) is 3.85. The highest BCUT2D eigenvalue weighted by molar-refractivity contribution is 7.09. The van der Waals surface area contributed by atoms with Gasteiger partial charge in [-0.25, -0.2) is 4.98 Å². The second-order valence-electron chi connectivity index (χ2n) is 2.87. The van der Waals surface area contributed by atoms with Crippen LogP contribution in [0.2, 0.25) is 0 Å². The first kappa shape index (κ1) is 16.6. The number of hydrogen-bond donors (Lipinski definition) is 2. The summed E-state index contributed by atoms with van der Waals surface area (Å²) in [7, 11) is 0. The third-order valence-electron chi connectivity index (χ3n) is 1.54. The number of rotatable bonds is 5. The number of thiazole rings is 1. The van der Waals surface area contributed by atoms with Crippen LogP contribution in [0.3, 0.4) is 0 Å². The maximum absolute atomic E-state index is 5.60. The molecule has 0 bridgehead atoms. The van der Waals surface area contributed by atoms with Crippen LogP contribution in [0.25, 0.3) is 0 Å². The van der Waals surface area contributed by atoms with Crippen LogP contribution in [0.15, 0.2) is 11.6 Å². The summed E-state index contributed by atoms with van der Waals surface area (Å²) in [5, 5.41) is 6.41. The summed E-state index contributed by atoms with van der Waals surface area (Å²) in [6.45, 7) is 3.85. The topological polar surface area (TPSA) is 50.9 Å². The van der Waals surface area contributed by atoms with Gasteiger partial charge >= 0.3 is 0 Å². The number of halogens is 2. The van der Waals surface area contributed by atoms with E-state index in [2.05, 4.69) is 10.3 Å². The van der Waals surface area contributed by atoms with Gasteiger partial charge in [0.15, 0.2) is 0 Å². The fourth-order valence-corrected chi connectivity index (χ4v) is 1.45. The Morgan fingerprint density at radius 1 is 1.57 bits per heavy atom. The largest absolute Gasteiger partial charge is 0.328 e. The van der Waals surface area contributed by atoms with E-state index < -0.39 is 0 Å². The van der Waals surface area contributed by atoms with E-state index in [1.165, 1.54) is 0 Å². The van der Waals surface area contributed by atoms with Crippen molar-refractivity contribution in [3.8, 4) is 0 Å². The van der Waals surface area contributed by atoms with E-state index in [0.717, 1.165) is 24.5 Å². The smallest absolute Gasteiger partial charge is 0.106 e. The zero-order valence-corrected chi connectivity index (χ0v) is 10.6.